The van der Waals surface area contributed by atoms with E-state index in [4.69, 9.17) is 19.4 Å². The van der Waals surface area contributed by atoms with Gasteiger partial charge in [0, 0.05) is 39.8 Å². The lowest BCUT2D eigenvalue weighted by atomic mass is 9.84. The minimum absolute atomic E-state index is 0.00103. The standard InChI is InChI=1S/C15H20FNO2.C2HF3O2/c1-18-14-6-7-19-15(8-14)10-17(11-15)9-12-2-4-13(16)5-3-12;3-2(4,5)1(6)7/h2-5,14H,6-11H2,1H3;(H,6,7). The number of methoxy groups -OCH3 is 1. The molecule has 0 bridgehead atoms. The number of halogens is 4. The van der Waals surface area contributed by atoms with Gasteiger partial charge in [-0.3, -0.25) is 4.90 Å². The summed E-state index contributed by atoms with van der Waals surface area (Å²) in [5.74, 6) is -2.94. The van der Waals surface area contributed by atoms with Crippen molar-refractivity contribution in [1.82, 2.24) is 4.90 Å². The molecular formula is C17H21F4NO4. The van der Waals surface area contributed by atoms with Crippen molar-refractivity contribution in [3.63, 3.8) is 0 Å². The lowest BCUT2D eigenvalue weighted by Gasteiger charge is -2.53. The van der Waals surface area contributed by atoms with Gasteiger partial charge >= 0.3 is 12.1 Å². The normalized spacial score (nSPS) is 22.3. The number of aliphatic carboxylic acids is 1. The predicted molar refractivity (Wildman–Crippen MR) is 84.1 cm³/mol. The van der Waals surface area contributed by atoms with Crippen LogP contribution in [0, 0.1) is 5.82 Å². The van der Waals surface area contributed by atoms with Crippen molar-refractivity contribution in [3.05, 3.63) is 35.6 Å². The number of likely N-dealkylation sites (tertiary alicyclic amines) is 1. The Morgan fingerprint density at radius 3 is 2.42 bits per heavy atom. The number of hydrogen-bond acceptors (Lipinski definition) is 4. The number of carboxylic acids is 1. The van der Waals surface area contributed by atoms with Crippen LogP contribution in [-0.2, 0) is 20.8 Å². The van der Waals surface area contributed by atoms with Gasteiger partial charge in [0.05, 0.1) is 11.7 Å². The predicted octanol–water partition coefficient (Wildman–Crippen LogP) is 2.84. The second kappa shape index (κ2) is 8.32. The smallest absolute Gasteiger partial charge is 0.475 e. The van der Waals surface area contributed by atoms with Crippen LogP contribution >= 0.6 is 0 Å². The van der Waals surface area contributed by atoms with Crippen molar-refractivity contribution in [1.29, 1.82) is 0 Å². The summed E-state index contributed by atoms with van der Waals surface area (Å²) < 4.78 is 56.0. The summed E-state index contributed by atoms with van der Waals surface area (Å²) in [4.78, 5) is 11.2. The molecule has 1 N–H and O–H groups in total. The Morgan fingerprint density at radius 2 is 1.92 bits per heavy atom. The minimum atomic E-state index is -5.08. The van der Waals surface area contributed by atoms with Crippen molar-refractivity contribution in [2.75, 3.05) is 26.8 Å². The summed E-state index contributed by atoms with van der Waals surface area (Å²) >= 11 is 0. The molecule has 26 heavy (non-hydrogen) atoms. The van der Waals surface area contributed by atoms with Crippen molar-refractivity contribution >= 4 is 5.97 Å². The van der Waals surface area contributed by atoms with Gasteiger partial charge in [-0.15, -0.1) is 0 Å². The van der Waals surface area contributed by atoms with E-state index in [-0.39, 0.29) is 11.4 Å². The highest BCUT2D eigenvalue weighted by Crippen LogP contribution is 2.35. The Balaban J connectivity index is 0.000000298. The lowest BCUT2D eigenvalue weighted by Crippen LogP contribution is -2.65. The SMILES string of the molecule is COC1CCOC2(C1)CN(Cc1ccc(F)cc1)C2.O=C(O)C(F)(F)F. The first-order chi connectivity index (χ1) is 12.1. The molecule has 146 valence electrons. The molecule has 9 heteroatoms. The minimum Gasteiger partial charge on any atom is -0.475 e. The second-order valence-electron chi connectivity index (χ2n) is 6.46. The Labute approximate surface area is 148 Å². The largest absolute Gasteiger partial charge is 0.490 e. The van der Waals surface area contributed by atoms with Gasteiger partial charge in [-0.05, 0) is 24.1 Å². The molecule has 1 spiro atoms. The number of alkyl halides is 3. The van der Waals surface area contributed by atoms with E-state index < -0.39 is 12.1 Å². The summed E-state index contributed by atoms with van der Waals surface area (Å²) in [6, 6.07) is 6.73. The molecule has 0 aromatic heterocycles. The second-order valence-corrected chi connectivity index (χ2v) is 6.46. The quantitative estimate of drug-likeness (QED) is 0.819. The third-order valence-corrected chi connectivity index (χ3v) is 4.37. The molecule has 5 nitrogen and oxygen atoms in total. The van der Waals surface area contributed by atoms with Gasteiger partial charge in [-0.1, -0.05) is 12.1 Å². The van der Waals surface area contributed by atoms with E-state index in [1.165, 1.54) is 12.1 Å². The molecule has 2 fully saturated rings. The molecular weight excluding hydrogens is 358 g/mol. The molecule has 2 heterocycles. The third-order valence-electron chi connectivity index (χ3n) is 4.37. The number of hydrogen-bond donors (Lipinski definition) is 1. The van der Waals surface area contributed by atoms with Gasteiger partial charge in [-0.2, -0.15) is 13.2 Å². The molecule has 3 rings (SSSR count). The highest BCUT2D eigenvalue weighted by atomic mass is 19.4. The van der Waals surface area contributed by atoms with Gasteiger partial charge in [0.15, 0.2) is 0 Å². The molecule has 0 radical (unpaired) electrons. The Kier molecular flexibility index (Phi) is 6.59. The average Bonchev–Trinajstić information content (AvgIpc) is 2.55. The van der Waals surface area contributed by atoms with E-state index in [2.05, 4.69) is 4.90 Å². The molecule has 2 saturated heterocycles. The molecule has 1 atom stereocenters. The van der Waals surface area contributed by atoms with E-state index in [1.54, 1.807) is 7.11 Å². The maximum Gasteiger partial charge on any atom is 0.490 e. The number of carbonyl (C=O) groups is 1. The van der Waals surface area contributed by atoms with E-state index >= 15 is 0 Å². The summed E-state index contributed by atoms with van der Waals surface area (Å²) in [5, 5.41) is 7.12. The number of benzene rings is 1. The number of rotatable bonds is 3. The molecule has 2 aliphatic heterocycles. The van der Waals surface area contributed by atoms with Crippen molar-refractivity contribution in [2.45, 2.75) is 37.3 Å². The van der Waals surface area contributed by atoms with Crippen molar-refractivity contribution in [3.8, 4) is 0 Å². The van der Waals surface area contributed by atoms with Crippen LogP contribution in [-0.4, -0.2) is 60.7 Å². The van der Waals surface area contributed by atoms with E-state index in [0.29, 0.717) is 6.10 Å². The number of carboxylic acid groups (broad SMARTS) is 1. The van der Waals surface area contributed by atoms with Crippen LogP contribution in [0.4, 0.5) is 17.6 Å². The zero-order valence-electron chi connectivity index (χ0n) is 14.3. The van der Waals surface area contributed by atoms with Gasteiger partial charge < -0.3 is 14.6 Å². The number of nitrogens with zero attached hydrogens (tertiary/aromatic N) is 1. The van der Waals surface area contributed by atoms with Crippen molar-refractivity contribution in [2.24, 2.45) is 0 Å². The highest BCUT2D eigenvalue weighted by Gasteiger charge is 2.47. The molecule has 1 unspecified atom stereocenters. The van der Waals surface area contributed by atoms with Crippen molar-refractivity contribution < 1.29 is 36.9 Å². The first-order valence-corrected chi connectivity index (χ1v) is 8.07. The molecule has 2 aliphatic rings. The lowest BCUT2D eigenvalue weighted by molar-refractivity contribution is -0.195. The van der Waals surface area contributed by atoms with Crippen LogP contribution in [0.1, 0.15) is 18.4 Å². The zero-order valence-corrected chi connectivity index (χ0v) is 14.3. The molecule has 0 amide bonds. The topological polar surface area (TPSA) is 59.0 Å². The third kappa shape index (κ3) is 5.65. The molecule has 1 aromatic rings. The van der Waals surface area contributed by atoms with Gasteiger partial charge in [0.2, 0.25) is 0 Å². The summed E-state index contributed by atoms with van der Waals surface area (Å²) in [6.07, 6.45) is -2.76. The van der Waals surface area contributed by atoms with Crippen LogP contribution in [0.5, 0.6) is 0 Å². The van der Waals surface area contributed by atoms with E-state index in [1.807, 2.05) is 12.1 Å². The summed E-state index contributed by atoms with van der Waals surface area (Å²) in [7, 11) is 1.78. The van der Waals surface area contributed by atoms with Gasteiger partial charge in [-0.25, -0.2) is 9.18 Å². The Bertz CT molecular complexity index is 600. The first kappa shape index (κ1) is 20.6. The molecule has 1 aromatic carbocycles. The maximum atomic E-state index is 12.8. The maximum absolute atomic E-state index is 12.8. The van der Waals surface area contributed by atoms with Crippen LogP contribution < -0.4 is 0 Å². The van der Waals surface area contributed by atoms with Crippen LogP contribution in [0.3, 0.4) is 0 Å². The fourth-order valence-corrected chi connectivity index (χ4v) is 3.13. The first-order valence-electron chi connectivity index (χ1n) is 8.07. The highest BCUT2D eigenvalue weighted by molar-refractivity contribution is 5.73. The van der Waals surface area contributed by atoms with E-state index in [9.17, 15) is 17.6 Å². The van der Waals surface area contributed by atoms with Crippen LogP contribution in [0.15, 0.2) is 24.3 Å². The molecule has 0 saturated carbocycles. The van der Waals surface area contributed by atoms with Gasteiger partial charge in [0.25, 0.3) is 0 Å². The Hall–Kier alpha value is -1.71. The molecule has 0 aliphatic carbocycles. The zero-order chi connectivity index (χ0) is 19.4. The van der Waals surface area contributed by atoms with Crippen LogP contribution in [0.25, 0.3) is 0 Å². The van der Waals surface area contributed by atoms with E-state index in [0.717, 1.165) is 44.6 Å². The summed E-state index contributed by atoms with van der Waals surface area (Å²) in [6.45, 7) is 3.56. The number of ether oxygens (including phenoxy) is 2. The van der Waals surface area contributed by atoms with Crippen LogP contribution in [0.2, 0.25) is 0 Å². The summed E-state index contributed by atoms with van der Waals surface area (Å²) in [5.41, 5.74) is 1.15. The monoisotopic (exact) mass is 379 g/mol. The van der Waals surface area contributed by atoms with Gasteiger partial charge in [0.1, 0.15) is 5.82 Å². The average molecular weight is 379 g/mol. The Morgan fingerprint density at radius 1 is 1.35 bits per heavy atom. The fraction of sp³-hybridized carbons (Fsp3) is 0.588. The fourth-order valence-electron chi connectivity index (χ4n) is 3.13.